The van der Waals surface area contributed by atoms with Gasteiger partial charge in [-0.1, -0.05) is 59.6 Å². The van der Waals surface area contributed by atoms with Gasteiger partial charge in [0.2, 0.25) is 0 Å². The average molecular weight is 772 g/mol. The first-order chi connectivity index (χ1) is 24.8. The first-order valence-corrected chi connectivity index (χ1v) is 19.2. The molecular formula is C38H28Cl2N4O6S2. The molecule has 0 saturated heterocycles. The number of amides is 2. The summed E-state index contributed by atoms with van der Waals surface area (Å²) in [4.78, 5) is 26.1. The van der Waals surface area contributed by atoms with Gasteiger partial charge in [-0.15, -0.1) is 0 Å². The summed E-state index contributed by atoms with van der Waals surface area (Å²) >= 11 is 11.7. The normalized spacial score (nSPS) is 11.3. The van der Waals surface area contributed by atoms with Crippen molar-refractivity contribution < 1.29 is 26.4 Å². The van der Waals surface area contributed by atoms with Crippen LogP contribution >= 0.6 is 23.2 Å². The highest BCUT2D eigenvalue weighted by Gasteiger charge is 2.17. The third-order valence-electron chi connectivity index (χ3n) is 7.62. The van der Waals surface area contributed by atoms with Crippen molar-refractivity contribution in [1.82, 2.24) is 0 Å². The minimum atomic E-state index is -3.89. The molecule has 0 aliphatic heterocycles. The van der Waals surface area contributed by atoms with E-state index in [2.05, 4.69) is 20.1 Å². The van der Waals surface area contributed by atoms with Gasteiger partial charge in [0, 0.05) is 43.9 Å². The smallest absolute Gasteiger partial charge is 0.261 e. The number of anilines is 4. The molecule has 0 spiro atoms. The van der Waals surface area contributed by atoms with Gasteiger partial charge in [-0.3, -0.25) is 19.0 Å². The van der Waals surface area contributed by atoms with Crippen LogP contribution in [0.5, 0.6) is 0 Å². The maximum absolute atomic E-state index is 13.0. The lowest BCUT2D eigenvalue weighted by atomic mass is 10.0. The van der Waals surface area contributed by atoms with Crippen molar-refractivity contribution in [3.05, 3.63) is 167 Å². The molecule has 6 rings (SSSR count). The standard InChI is InChI=1S/C38H28Cl2N4O6S2/c39-29-11-19-35(20-12-29)51(47,48)43-33-5-1-3-27(23-33)37(45)41-31-15-7-25(8-16-31)26-9-17-32(18-10-26)42-38(46)28-4-2-6-34(24-28)44-52(49,50)36-21-13-30(40)14-22-36/h1-24,43-44H,(H,41,45)(H,42,46). The van der Waals surface area contributed by atoms with Crippen LogP contribution in [0.1, 0.15) is 20.7 Å². The van der Waals surface area contributed by atoms with Crippen LogP contribution in [0.4, 0.5) is 22.7 Å². The Bertz CT molecular complexity index is 2300. The molecule has 4 N–H and O–H groups in total. The zero-order chi connectivity index (χ0) is 36.9. The number of nitrogens with one attached hydrogen (secondary N) is 4. The zero-order valence-electron chi connectivity index (χ0n) is 26.9. The molecule has 52 heavy (non-hydrogen) atoms. The highest BCUT2D eigenvalue weighted by molar-refractivity contribution is 7.93. The Hall–Kier alpha value is -5.66. The van der Waals surface area contributed by atoms with E-state index in [0.29, 0.717) is 21.4 Å². The molecule has 2 amide bonds. The van der Waals surface area contributed by atoms with Gasteiger partial charge in [0.15, 0.2) is 0 Å². The van der Waals surface area contributed by atoms with E-state index in [1.807, 2.05) is 24.3 Å². The monoisotopic (exact) mass is 770 g/mol. The Labute approximate surface area is 310 Å². The molecule has 14 heteroatoms. The fourth-order valence-electron chi connectivity index (χ4n) is 5.00. The van der Waals surface area contributed by atoms with Crippen LogP contribution in [-0.2, 0) is 20.0 Å². The molecule has 0 heterocycles. The summed E-state index contributed by atoms with van der Waals surface area (Å²) in [5.74, 6) is -0.852. The van der Waals surface area contributed by atoms with E-state index in [1.54, 1.807) is 60.7 Å². The molecule has 0 saturated carbocycles. The van der Waals surface area contributed by atoms with Gasteiger partial charge in [-0.2, -0.15) is 0 Å². The van der Waals surface area contributed by atoms with Crippen LogP contribution in [-0.4, -0.2) is 28.6 Å². The summed E-state index contributed by atoms with van der Waals surface area (Å²) in [6.45, 7) is 0. The number of rotatable bonds is 11. The van der Waals surface area contributed by atoms with E-state index in [4.69, 9.17) is 23.2 Å². The molecule has 0 aromatic heterocycles. The number of carbonyl (C=O) groups is 2. The Kier molecular flexibility index (Phi) is 10.6. The largest absolute Gasteiger partial charge is 0.322 e. The Morgan fingerprint density at radius 3 is 1.12 bits per heavy atom. The molecule has 0 bridgehead atoms. The molecule has 0 unspecified atom stereocenters. The maximum Gasteiger partial charge on any atom is 0.261 e. The summed E-state index contributed by atoms with van der Waals surface area (Å²) in [6.07, 6.45) is 0. The van der Waals surface area contributed by atoms with Crippen LogP contribution in [0.25, 0.3) is 11.1 Å². The lowest BCUT2D eigenvalue weighted by Gasteiger charge is -2.11. The van der Waals surface area contributed by atoms with Crippen molar-refractivity contribution in [2.24, 2.45) is 0 Å². The van der Waals surface area contributed by atoms with Gasteiger partial charge in [-0.25, -0.2) is 16.8 Å². The lowest BCUT2D eigenvalue weighted by Crippen LogP contribution is -2.15. The highest BCUT2D eigenvalue weighted by Crippen LogP contribution is 2.25. The fourth-order valence-corrected chi connectivity index (χ4v) is 7.35. The van der Waals surface area contributed by atoms with E-state index in [1.165, 1.54) is 60.7 Å². The van der Waals surface area contributed by atoms with E-state index in [9.17, 15) is 26.4 Å². The summed E-state index contributed by atoms with van der Waals surface area (Å²) in [5.41, 5.74) is 3.73. The van der Waals surface area contributed by atoms with Crippen molar-refractivity contribution in [2.45, 2.75) is 9.79 Å². The summed E-state index contributed by atoms with van der Waals surface area (Å²) in [5, 5.41) is 6.45. The van der Waals surface area contributed by atoms with Crippen LogP contribution in [0.3, 0.4) is 0 Å². The number of hydrogen-bond acceptors (Lipinski definition) is 6. The second kappa shape index (κ2) is 15.3. The molecule has 0 fully saturated rings. The van der Waals surface area contributed by atoms with Crippen molar-refractivity contribution in [3.63, 3.8) is 0 Å². The molecule has 0 aliphatic rings. The Morgan fingerprint density at radius 1 is 0.423 bits per heavy atom. The summed E-state index contributed by atoms with van der Waals surface area (Å²) < 4.78 is 56.0. The first kappa shape index (κ1) is 36.1. The lowest BCUT2D eigenvalue weighted by molar-refractivity contribution is 0.101. The number of halogens is 2. The van der Waals surface area contributed by atoms with Gasteiger partial charge < -0.3 is 10.6 Å². The van der Waals surface area contributed by atoms with Gasteiger partial charge in [0.25, 0.3) is 31.9 Å². The highest BCUT2D eigenvalue weighted by atomic mass is 35.5. The number of benzene rings is 6. The van der Waals surface area contributed by atoms with Crippen LogP contribution < -0.4 is 20.1 Å². The predicted molar refractivity (Wildman–Crippen MR) is 205 cm³/mol. The van der Waals surface area contributed by atoms with Crippen molar-refractivity contribution in [2.75, 3.05) is 20.1 Å². The SMILES string of the molecule is O=C(Nc1ccc(-c2ccc(NC(=O)c3cccc(NS(=O)(=O)c4ccc(Cl)cc4)c3)cc2)cc1)c1cccc(NS(=O)(=O)c2ccc(Cl)cc2)c1. The molecule has 262 valence electrons. The Balaban J connectivity index is 1.05. The number of hydrogen-bond donors (Lipinski definition) is 4. The predicted octanol–water partition coefficient (Wildman–Crippen LogP) is 8.77. The summed E-state index contributed by atoms with van der Waals surface area (Å²) in [7, 11) is -7.77. The second-order valence-electron chi connectivity index (χ2n) is 11.3. The minimum Gasteiger partial charge on any atom is -0.322 e. The first-order valence-electron chi connectivity index (χ1n) is 15.4. The molecule has 6 aromatic rings. The molecular weight excluding hydrogens is 743 g/mol. The van der Waals surface area contributed by atoms with Gasteiger partial charge in [0.05, 0.1) is 9.79 Å². The Morgan fingerprint density at radius 2 is 0.769 bits per heavy atom. The maximum atomic E-state index is 13.0. The molecule has 6 aromatic carbocycles. The van der Waals surface area contributed by atoms with E-state index in [0.717, 1.165) is 11.1 Å². The van der Waals surface area contributed by atoms with Crippen LogP contribution in [0.2, 0.25) is 10.0 Å². The van der Waals surface area contributed by atoms with Crippen molar-refractivity contribution >= 4 is 77.8 Å². The van der Waals surface area contributed by atoms with Gasteiger partial charge >= 0.3 is 0 Å². The molecule has 0 aliphatic carbocycles. The third kappa shape index (κ3) is 8.97. The summed E-state index contributed by atoms with van der Waals surface area (Å²) in [6, 6.07) is 38.0. The molecule has 0 atom stereocenters. The van der Waals surface area contributed by atoms with Gasteiger partial charge in [-0.05, 0) is 120 Å². The number of sulfonamides is 2. The fraction of sp³-hybridized carbons (Fsp3) is 0. The third-order valence-corrected chi connectivity index (χ3v) is 10.9. The zero-order valence-corrected chi connectivity index (χ0v) is 30.0. The molecule has 10 nitrogen and oxygen atoms in total. The average Bonchev–Trinajstić information content (AvgIpc) is 3.12. The second-order valence-corrected chi connectivity index (χ2v) is 15.6. The van der Waals surface area contributed by atoms with Crippen molar-refractivity contribution in [1.29, 1.82) is 0 Å². The van der Waals surface area contributed by atoms with E-state index < -0.39 is 31.9 Å². The van der Waals surface area contributed by atoms with Crippen molar-refractivity contribution in [3.8, 4) is 11.1 Å². The molecule has 0 radical (unpaired) electrons. The van der Waals surface area contributed by atoms with Crippen LogP contribution in [0, 0.1) is 0 Å². The van der Waals surface area contributed by atoms with E-state index >= 15 is 0 Å². The topological polar surface area (TPSA) is 151 Å². The number of carbonyl (C=O) groups excluding carboxylic acids is 2. The minimum absolute atomic E-state index is 0.0355. The van der Waals surface area contributed by atoms with E-state index in [-0.39, 0.29) is 32.3 Å². The quantitative estimate of drug-likeness (QED) is 0.103. The van der Waals surface area contributed by atoms with Gasteiger partial charge in [0.1, 0.15) is 0 Å². The van der Waals surface area contributed by atoms with Crippen LogP contribution in [0.15, 0.2) is 155 Å².